The average molecular weight is 370 g/mol. The molecule has 7 heteroatoms. The first-order valence-corrected chi connectivity index (χ1v) is 8.24. The number of nitrogens with one attached hydrogen (secondary N) is 1. The normalized spacial score (nSPS) is 11.3. The van der Waals surface area contributed by atoms with Crippen LogP contribution in [0, 0.1) is 0 Å². The van der Waals surface area contributed by atoms with E-state index >= 15 is 0 Å². The Morgan fingerprint density at radius 2 is 1.71 bits per heavy atom. The zero-order valence-corrected chi connectivity index (χ0v) is 13.2. The lowest BCUT2D eigenvalue weighted by Crippen LogP contribution is -2.23. The summed E-state index contributed by atoms with van der Waals surface area (Å²) in [7, 11) is -3.63. The number of sulfonamides is 1. The van der Waals surface area contributed by atoms with Gasteiger partial charge >= 0.3 is 5.97 Å². The number of aromatic carboxylic acids is 1. The molecule has 0 saturated carbocycles. The Morgan fingerprint density at radius 3 is 2.29 bits per heavy atom. The van der Waals surface area contributed by atoms with Crippen molar-refractivity contribution in [1.29, 1.82) is 0 Å². The monoisotopic (exact) mass is 369 g/mol. The third-order valence-corrected chi connectivity index (χ3v) is 5.21. The Hall–Kier alpha value is -1.70. The fourth-order valence-corrected chi connectivity index (χ4v) is 3.70. The Labute approximate surface area is 130 Å². The minimum absolute atomic E-state index is 0.0869. The molecule has 21 heavy (non-hydrogen) atoms. The summed E-state index contributed by atoms with van der Waals surface area (Å²) < 4.78 is 27.3. The zero-order valence-electron chi connectivity index (χ0n) is 10.8. The predicted octanol–water partition coefficient (Wildman–Crippen LogP) is 2.63. The third kappa shape index (κ3) is 3.90. The fraction of sp³-hybridized carbons (Fsp3) is 0.0714. The highest BCUT2D eigenvalue weighted by molar-refractivity contribution is 9.10. The molecule has 0 amide bonds. The number of rotatable bonds is 5. The molecule has 0 atom stereocenters. The van der Waals surface area contributed by atoms with Gasteiger partial charge in [0.1, 0.15) is 0 Å². The van der Waals surface area contributed by atoms with Crippen LogP contribution in [0.25, 0.3) is 0 Å². The van der Waals surface area contributed by atoms with E-state index in [4.69, 9.17) is 5.11 Å². The van der Waals surface area contributed by atoms with Crippen molar-refractivity contribution in [1.82, 2.24) is 4.72 Å². The molecule has 2 rings (SSSR count). The fourth-order valence-electron chi connectivity index (χ4n) is 1.68. The summed E-state index contributed by atoms with van der Waals surface area (Å²) in [6.45, 7) is 0.0869. The molecule has 0 aliphatic carbocycles. The lowest BCUT2D eigenvalue weighted by molar-refractivity contribution is 0.0697. The second-order valence-corrected chi connectivity index (χ2v) is 6.85. The van der Waals surface area contributed by atoms with Crippen molar-refractivity contribution in [3.63, 3.8) is 0 Å². The number of hydrogen-bond donors (Lipinski definition) is 2. The molecule has 0 spiro atoms. The summed E-state index contributed by atoms with van der Waals surface area (Å²) in [5.41, 5.74) is 0.836. The highest BCUT2D eigenvalue weighted by atomic mass is 79.9. The molecule has 0 saturated heterocycles. The first kappa shape index (κ1) is 15.7. The van der Waals surface area contributed by atoms with Crippen LogP contribution in [0.3, 0.4) is 0 Å². The summed E-state index contributed by atoms with van der Waals surface area (Å²) in [5, 5.41) is 8.80. The van der Waals surface area contributed by atoms with Crippen LogP contribution in [0.2, 0.25) is 0 Å². The maximum Gasteiger partial charge on any atom is 0.335 e. The largest absolute Gasteiger partial charge is 0.478 e. The van der Waals surface area contributed by atoms with Crippen LogP contribution in [0.1, 0.15) is 15.9 Å². The van der Waals surface area contributed by atoms with E-state index in [0.717, 1.165) is 0 Å². The highest BCUT2D eigenvalue weighted by Crippen LogP contribution is 2.21. The van der Waals surface area contributed by atoms with Gasteiger partial charge in [0.25, 0.3) is 0 Å². The van der Waals surface area contributed by atoms with Crippen molar-refractivity contribution < 1.29 is 18.3 Å². The Balaban J connectivity index is 2.12. The van der Waals surface area contributed by atoms with Gasteiger partial charge in [0.2, 0.25) is 10.0 Å². The first-order valence-electron chi connectivity index (χ1n) is 5.96. The number of carboxylic acids is 1. The molecule has 0 heterocycles. The van der Waals surface area contributed by atoms with Gasteiger partial charge in [-0.3, -0.25) is 0 Å². The second kappa shape index (κ2) is 6.38. The topological polar surface area (TPSA) is 83.5 Å². The van der Waals surface area contributed by atoms with Gasteiger partial charge in [0.05, 0.1) is 10.5 Å². The Kier molecular flexibility index (Phi) is 4.76. The van der Waals surface area contributed by atoms with Crippen molar-refractivity contribution in [3.8, 4) is 0 Å². The van der Waals surface area contributed by atoms with Gasteiger partial charge in [-0.2, -0.15) is 0 Å². The maximum atomic E-state index is 12.2. The van der Waals surface area contributed by atoms with Gasteiger partial charge in [-0.25, -0.2) is 17.9 Å². The van der Waals surface area contributed by atoms with E-state index in [-0.39, 0.29) is 17.0 Å². The first-order chi connectivity index (χ1) is 9.90. The molecule has 0 bridgehead atoms. The molecular weight excluding hydrogens is 358 g/mol. The SMILES string of the molecule is O=C(O)c1ccc(CNS(=O)(=O)c2ccccc2Br)cc1. The molecule has 110 valence electrons. The van der Waals surface area contributed by atoms with Gasteiger partial charge in [-0.1, -0.05) is 24.3 Å². The minimum Gasteiger partial charge on any atom is -0.478 e. The summed E-state index contributed by atoms with van der Waals surface area (Å²) in [5.74, 6) is -1.02. The smallest absolute Gasteiger partial charge is 0.335 e. The number of carboxylic acid groups (broad SMARTS) is 1. The van der Waals surface area contributed by atoms with Crippen LogP contribution < -0.4 is 4.72 Å². The van der Waals surface area contributed by atoms with E-state index in [9.17, 15) is 13.2 Å². The van der Waals surface area contributed by atoms with Crippen molar-refractivity contribution in [3.05, 3.63) is 64.1 Å². The number of hydrogen-bond acceptors (Lipinski definition) is 3. The quantitative estimate of drug-likeness (QED) is 0.848. The van der Waals surface area contributed by atoms with E-state index in [1.807, 2.05) is 0 Å². The van der Waals surface area contributed by atoms with Gasteiger partial charge < -0.3 is 5.11 Å². The van der Waals surface area contributed by atoms with E-state index in [0.29, 0.717) is 10.0 Å². The molecule has 5 nitrogen and oxygen atoms in total. The van der Waals surface area contributed by atoms with Gasteiger partial charge in [-0.05, 0) is 45.8 Å². The molecular formula is C14H12BrNO4S. The van der Waals surface area contributed by atoms with Crippen LogP contribution >= 0.6 is 15.9 Å². The van der Waals surface area contributed by atoms with Gasteiger partial charge in [-0.15, -0.1) is 0 Å². The van der Waals surface area contributed by atoms with Gasteiger partial charge in [0, 0.05) is 11.0 Å². The Morgan fingerprint density at radius 1 is 1.10 bits per heavy atom. The van der Waals surface area contributed by atoms with Crippen molar-refractivity contribution in [2.24, 2.45) is 0 Å². The van der Waals surface area contributed by atoms with Crippen LogP contribution in [-0.2, 0) is 16.6 Å². The average Bonchev–Trinajstić information content (AvgIpc) is 2.46. The number of benzene rings is 2. The third-order valence-electron chi connectivity index (χ3n) is 2.79. The van der Waals surface area contributed by atoms with E-state index < -0.39 is 16.0 Å². The molecule has 2 aromatic rings. The summed E-state index contributed by atoms with van der Waals surface area (Å²) in [6, 6.07) is 12.5. The van der Waals surface area contributed by atoms with Crippen molar-refractivity contribution in [2.75, 3.05) is 0 Å². The maximum absolute atomic E-state index is 12.2. The standard InChI is InChI=1S/C14H12BrNO4S/c15-12-3-1-2-4-13(12)21(19,20)16-9-10-5-7-11(8-6-10)14(17)18/h1-8,16H,9H2,(H,17,18). The second-order valence-electron chi connectivity index (χ2n) is 4.26. The van der Waals surface area contributed by atoms with E-state index in [1.165, 1.54) is 18.2 Å². The molecule has 2 N–H and O–H groups in total. The zero-order chi connectivity index (χ0) is 15.5. The molecule has 0 radical (unpaired) electrons. The lowest BCUT2D eigenvalue weighted by Gasteiger charge is -2.08. The van der Waals surface area contributed by atoms with E-state index in [2.05, 4.69) is 20.7 Å². The summed E-state index contributed by atoms with van der Waals surface area (Å²) >= 11 is 3.20. The van der Waals surface area contributed by atoms with Crippen LogP contribution in [0.15, 0.2) is 57.9 Å². The molecule has 0 unspecified atom stereocenters. The molecule has 0 aliphatic heterocycles. The molecule has 0 aromatic heterocycles. The van der Waals surface area contributed by atoms with Crippen molar-refractivity contribution in [2.45, 2.75) is 11.4 Å². The summed E-state index contributed by atoms with van der Waals surface area (Å²) in [4.78, 5) is 10.9. The van der Waals surface area contributed by atoms with E-state index in [1.54, 1.807) is 30.3 Å². The number of halogens is 1. The summed E-state index contributed by atoms with van der Waals surface area (Å²) in [6.07, 6.45) is 0. The Bertz CT molecular complexity index is 757. The van der Waals surface area contributed by atoms with Crippen molar-refractivity contribution >= 4 is 31.9 Å². The molecule has 2 aromatic carbocycles. The van der Waals surface area contributed by atoms with Crippen LogP contribution in [0.5, 0.6) is 0 Å². The molecule has 0 fully saturated rings. The van der Waals surface area contributed by atoms with Crippen LogP contribution in [-0.4, -0.2) is 19.5 Å². The minimum atomic E-state index is -3.63. The van der Waals surface area contributed by atoms with Gasteiger partial charge in [0.15, 0.2) is 0 Å². The molecule has 0 aliphatic rings. The number of carbonyl (C=O) groups is 1. The highest BCUT2D eigenvalue weighted by Gasteiger charge is 2.16. The predicted molar refractivity (Wildman–Crippen MR) is 81.6 cm³/mol. The van der Waals surface area contributed by atoms with Crippen LogP contribution in [0.4, 0.5) is 0 Å². The lowest BCUT2D eigenvalue weighted by atomic mass is 10.1.